The van der Waals surface area contributed by atoms with E-state index in [4.69, 9.17) is 16.3 Å². The molecule has 140 valence electrons. The second-order valence-corrected chi connectivity index (χ2v) is 6.95. The summed E-state index contributed by atoms with van der Waals surface area (Å²) in [4.78, 5) is 27.1. The molecule has 0 unspecified atom stereocenters. The quantitative estimate of drug-likeness (QED) is 0.770. The minimum atomic E-state index is -0.360. The van der Waals surface area contributed by atoms with Gasteiger partial charge in [0.1, 0.15) is 5.70 Å². The normalized spacial score (nSPS) is 14.3. The van der Waals surface area contributed by atoms with Crippen molar-refractivity contribution in [3.63, 3.8) is 0 Å². The summed E-state index contributed by atoms with van der Waals surface area (Å²) in [7, 11) is 1.53. The molecule has 5 nitrogen and oxygen atoms in total. The van der Waals surface area contributed by atoms with Crippen molar-refractivity contribution in [2.24, 2.45) is 0 Å². The molecule has 0 spiro atoms. The molecule has 0 aromatic heterocycles. The number of aryl methyl sites for hydroxylation is 2. The molecule has 3 rings (SSSR count). The van der Waals surface area contributed by atoms with Crippen molar-refractivity contribution in [2.75, 3.05) is 25.6 Å². The maximum atomic E-state index is 13.0. The Labute approximate surface area is 163 Å². The Balaban J connectivity index is 2.05. The second kappa shape index (κ2) is 7.94. The summed E-state index contributed by atoms with van der Waals surface area (Å²) in [5.74, 6) is -0.701. The van der Waals surface area contributed by atoms with Crippen molar-refractivity contribution in [1.29, 1.82) is 0 Å². The van der Waals surface area contributed by atoms with Crippen LogP contribution in [-0.2, 0) is 14.3 Å². The Kier molecular flexibility index (Phi) is 5.63. The minimum absolute atomic E-state index is 0.198. The van der Waals surface area contributed by atoms with Gasteiger partial charge in [0.05, 0.1) is 18.7 Å². The van der Waals surface area contributed by atoms with Crippen LogP contribution in [0.15, 0.2) is 48.2 Å². The van der Waals surface area contributed by atoms with Gasteiger partial charge in [-0.15, -0.1) is 0 Å². The van der Waals surface area contributed by atoms with Gasteiger partial charge >= 0.3 is 0 Å². The van der Waals surface area contributed by atoms with E-state index >= 15 is 0 Å². The van der Waals surface area contributed by atoms with Crippen LogP contribution in [0.5, 0.6) is 0 Å². The number of carbonyl (C=O) groups excluding carboxylic acids is 2. The molecule has 1 heterocycles. The lowest BCUT2D eigenvalue weighted by atomic mass is 10.0. The zero-order chi connectivity index (χ0) is 19.6. The number of hydrogen-bond acceptors (Lipinski definition) is 4. The summed E-state index contributed by atoms with van der Waals surface area (Å²) in [5.41, 5.74) is 4.15. The van der Waals surface area contributed by atoms with Crippen molar-refractivity contribution < 1.29 is 14.3 Å². The largest absolute Gasteiger partial charge is 0.383 e. The maximum Gasteiger partial charge on any atom is 0.278 e. The highest BCUT2D eigenvalue weighted by Gasteiger charge is 2.38. The van der Waals surface area contributed by atoms with Gasteiger partial charge in [-0.2, -0.15) is 0 Å². The van der Waals surface area contributed by atoms with Gasteiger partial charge in [0, 0.05) is 17.8 Å². The summed E-state index contributed by atoms with van der Waals surface area (Å²) in [6, 6.07) is 12.8. The lowest BCUT2D eigenvalue weighted by molar-refractivity contribution is -0.137. The highest BCUT2D eigenvalue weighted by molar-refractivity contribution is 6.36. The smallest absolute Gasteiger partial charge is 0.278 e. The second-order valence-electron chi connectivity index (χ2n) is 6.51. The number of ether oxygens (including phenoxy) is 1. The van der Waals surface area contributed by atoms with Crippen molar-refractivity contribution in [1.82, 2.24) is 4.90 Å². The maximum absolute atomic E-state index is 13.0. The topological polar surface area (TPSA) is 58.6 Å². The Morgan fingerprint density at radius 2 is 1.63 bits per heavy atom. The van der Waals surface area contributed by atoms with E-state index in [1.165, 1.54) is 12.0 Å². The summed E-state index contributed by atoms with van der Waals surface area (Å²) >= 11 is 5.97. The van der Waals surface area contributed by atoms with Crippen LogP contribution < -0.4 is 5.32 Å². The number of amides is 2. The number of halogens is 1. The lowest BCUT2D eigenvalue weighted by Gasteiger charge is -2.14. The summed E-state index contributed by atoms with van der Waals surface area (Å²) in [5, 5.41) is 3.73. The van der Waals surface area contributed by atoms with Crippen molar-refractivity contribution in [2.45, 2.75) is 13.8 Å². The van der Waals surface area contributed by atoms with E-state index in [0.29, 0.717) is 16.2 Å². The van der Waals surface area contributed by atoms with Gasteiger partial charge in [0.2, 0.25) is 0 Å². The summed E-state index contributed by atoms with van der Waals surface area (Å²) < 4.78 is 5.04. The molecule has 2 amide bonds. The van der Waals surface area contributed by atoms with Crippen molar-refractivity contribution >= 4 is 34.7 Å². The molecule has 1 aliphatic heterocycles. The molecule has 0 saturated carbocycles. The van der Waals surface area contributed by atoms with E-state index < -0.39 is 0 Å². The molecule has 0 aliphatic carbocycles. The third-order valence-electron chi connectivity index (χ3n) is 4.31. The number of rotatable bonds is 6. The fourth-order valence-corrected chi connectivity index (χ4v) is 3.28. The Morgan fingerprint density at radius 1 is 1.00 bits per heavy atom. The van der Waals surface area contributed by atoms with E-state index in [2.05, 4.69) is 5.32 Å². The number of carbonyl (C=O) groups is 2. The van der Waals surface area contributed by atoms with Gasteiger partial charge in [-0.05, 0) is 54.8 Å². The van der Waals surface area contributed by atoms with E-state index in [1.54, 1.807) is 24.3 Å². The van der Waals surface area contributed by atoms with Gasteiger partial charge in [-0.25, -0.2) is 0 Å². The zero-order valence-corrected chi connectivity index (χ0v) is 16.3. The molecule has 0 fully saturated rings. The van der Waals surface area contributed by atoms with Crippen molar-refractivity contribution in [3.05, 3.63) is 69.9 Å². The highest BCUT2D eigenvalue weighted by atomic mass is 35.5. The number of imide groups is 1. The molecule has 0 atom stereocenters. The van der Waals surface area contributed by atoms with Gasteiger partial charge in [0.15, 0.2) is 0 Å². The number of methoxy groups -OCH3 is 1. The molecule has 2 aromatic rings. The SMILES string of the molecule is COCCN1C(=O)C(Nc2cc(C)cc(C)c2)=C(c2ccc(Cl)cc2)C1=O. The molecule has 0 bridgehead atoms. The molecule has 1 N–H and O–H groups in total. The van der Waals surface area contributed by atoms with Crippen LogP contribution in [0.25, 0.3) is 5.57 Å². The molecule has 27 heavy (non-hydrogen) atoms. The first-order valence-electron chi connectivity index (χ1n) is 8.61. The fourth-order valence-electron chi connectivity index (χ4n) is 3.15. The molecule has 0 radical (unpaired) electrons. The Hall–Kier alpha value is -2.63. The average Bonchev–Trinajstić information content (AvgIpc) is 2.83. The molecule has 2 aromatic carbocycles. The first-order valence-corrected chi connectivity index (χ1v) is 8.99. The van der Waals surface area contributed by atoms with Crippen LogP contribution >= 0.6 is 11.6 Å². The van der Waals surface area contributed by atoms with Crippen LogP contribution in [0.3, 0.4) is 0 Å². The summed E-state index contributed by atoms with van der Waals surface area (Å²) in [6.45, 7) is 4.45. The van der Waals surface area contributed by atoms with Crippen LogP contribution in [0.4, 0.5) is 5.69 Å². The van der Waals surface area contributed by atoms with Gasteiger partial charge in [-0.1, -0.05) is 29.8 Å². The van der Waals surface area contributed by atoms with Crippen LogP contribution in [0.1, 0.15) is 16.7 Å². The number of nitrogens with zero attached hydrogens (tertiary/aromatic N) is 1. The van der Waals surface area contributed by atoms with Crippen LogP contribution in [0, 0.1) is 13.8 Å². The van der Waals surface area contributed by atoms with Crippen LogP contribution in [0.2, 0.25) is 5.02 Å². The molecule has 1 aliphatic rings. The average molecular weight is 385 g/mol. The molecular formula is C21H21ClN2O3. The van der Waals surface area contributed by atoms with E-state index in [-0.39, 0.29) is 30.7 Å². The standard InChI is InChI=1S/C21H21ClN2O3/c1-13-10-14(2)12-17(11-13)23-19-18(15-4-6-16(22)7-5-15)20(25)24(21(19)26)8-9-27-3/h4-7,10-12,23H,8-9H2,1-3H3. The van der Waals surface area contributed by atoms with Gasteiger partial charge < -0.3 is 10.1 Å². The molecule has 0 saturated heterocycles. The summed E-state index contributed by atoms with van der Waals surface area (Å²) in [6.07, 6.45) is 0. The number of hydrogen-bond donors (Lipinski definition) is 1. The predicted molar refractivity (Wildman–Crippen MR) is 107 cm³/mol. The first-order chi connectivity index (χ1) is 12.9. The third kappa shape index (κ3) is 4.04. The number of anilines is 1. The number of nitrogens with one attached hydrogen (secondary N) is 1. The van der Waals surface area contributed by atoms with Gasteiger partial charge in [-0.3, -0.25) is 14.5 Å². The predicted octanol–water partition coefficient (Wildman–Crippen LogP) is 3.80. The van der Waals surface area contributed by atoms with Gasteiger partial charge in [0.25, 0.3) is 11.8 Å². The monoisotopic (exact) mass is 384 g/mol. The third-order valence-corrected chi connectivity index (χ3v) is 4.56. The lowest BCUT2D eigenvalue weighted by Crippen LogP contribution is -2.35. The van der Waals surface area contributed by atoms with E-state index in [9.17, 15) is 9.59 Å². The van der Waals surface area contributed by atoms with E-state index in [0.717, 1.165) is 16.8 Å². The minimum Gasteiger partial charge on any atom is -0.383 e. The Bertz CT molecular complexity index is 899. The Morgan fingerprint density at radius 3 is 2.22 bits per heavy atom. The molecular weight excluding hydrogens is 364 g/mol. The van der Waals surface area contributed by atoms with E-state index in [1.807, 2.05) is 32.0 Å². The molecule has 6 heteroatoms. The zero-order valence-electron chi connectivity index (χ0n) is 15.5. The fraction of sp³-hybridized carbons (Fsp3) is 0.238. The highest BCUT2D eigenvalue weighted by Crippen LogP contribution is 2.31. The first kappa shape index (κ1) is 19.1. The van der Waals surface area contributed by atoms with Crippen molar-refractivity contribution in [3.8, 4) is 0 Å². The number of benzene rings is 2. The van der Waals surface area contributed by atoms with Crippen LogP contribution in [-0.4, -0.2) is 37.0 Å².